The third-order valence-electron chi connectivity index (χ3n) is 3.75. The maximum Gasteiger partial charge on any atom is 0.0499 e. The zero-order valence-electron chi connectivity index (χ0n) is 11.1. The van der Waals surface area contributed by atoms with Crippen LogP contribution in [0, 0.1) is 0 Å². The van der Waals surface area contributed by atoms with Crippen molar-refractivity contribution in [2.75, 3.05) is 13.1 Å². The molecule has 2 nitrogen and oxygen atoms in total. The summed E-state index contributed by atoms with van der Waals surface area (Å²) in [6, 6.07) is 8.78. The third-order valence-corrected chi connectivity index (χ3v) is 4.01. The molecular formula is C15H23ClN2. The molecule has 1 heterocycles. The van der Waals surface area contributed by atoms with Gasteiger partial charge in [0, 0.05) is 17.1 Å². The summed E-state index contributed by atoms with van der Waals surface area (Å²) >= 11 is 5.97. The number of benzene rings is 1. The number of nitrogens with two attached hydrogens (primary N) is 1. The van der Waals surface area contributed by atoms with Crippen molar-refractivity contribution in [3.05, 3.63) is 34.9 Å². The molecule has 0 amide bonds. The molecule has 1 saturated heterocycles. The summed E-state index contributed by atoms with van der Waals surface area (Å²) < 4.78 is 0. The van der Waals surface area contributed by atoms with Gasteiger partial charge in [0.05, 0.1) is 0 Å². The van der Waals surface area contributed by atoms with Gasteiger partial charge in [0.2, 0.25) is 0 Å². The van der Waals surface area contributed by atoms with Crippen LogP contribution in [0.15, 0.2) is 24.3 Å². The second-order valence-electron chi connectivity index (χ2n) is 5.19. The van der Waals surface area contributed by atoms with E-state index in [4.69, 9.17) is 17.3 Å². The molecule has 100 valence electrons. The smallest absolute Gasteiger partial charge is 0.0499 e. The highest BCUT2D eigenvalue weighted by molar-refractivity contribution is 6.30. The molecule has 2 unspecified atom stereocenters. The predicted molar refractivity (Wildman–Crippen MR) is 77.9 cm³/mol. The topological polar surface area (TPSA) is 29.3 Å². The van der Waals surface area contributed by atoms with Crippen LogP contribution in [0.2, 0.25) is 5.02 Å². The summed E-state index contributed by atoms with van der Waals surface area (Å²) in [7, 11) is 0. The normalized spacial score (nSPS) is 25.9. The molecule has 1 aromatic carbocycles. The average Bonchev–Trinajstić information content (AvgIpc) is 2.53. The summed E-state index contributed by atoms with van der Waals surface area (Å²) in [5.74, 6) is 0. The van der Waals surface area contributed by atoms with E-state index in [-0.39, 0.29) is 6.04 Å². The second kappa shape index (κ2) is 6.55. The highest BCUT2D eigenvalue weighted by Gasteiger charge is 2.27. The lowest BCUT2D eigenvalue weighted by molar-refractivity contribution is 0.186. The first-order valence-corrected chi connectivity index (χ1v) is 7.35. The molecule has 0 aromatic heterocycles. The van der Waals surface area contributed by atoms with Crippen molar-refractivity contribution in [3.8, 4) is 0 Å². The van der Waals surface area contributed by atoms with Crippen molar-refractivity contribution in [2.24, 2.45) is 5.73 Å². The van der Waals surface area contributed by atoms with Gasteiger partial charge in [0.15, 0.2) is 0 Å². The summed E-state index contributed by atoms with van der Waals surface area (Å²) in [5.41, 5.74) is 7.70. The van der Waals surface area contributed by atoms with Crippen LogP contribution < -0.4 is 5.73 Å². The first-order chi connectivity index (χ1) is 8.72. The van der Waals surface area contributed by atoms with E-state index in [1.807, 2.05) is 12.1 Å². The number of hydrogen-bond acceptors (Lipinski definition) is 2. The van der Waals surface area contributed by atoms with Crippen LogP contribution in [-0.2, 0) is 0 Å². The molecule has 0 bridgehead atoms. The van der Waals surface area contributed by atoms with Crippen molar-refractivity contribution in [1.82, 2.24) is 4.90 Å². The van der Waals surface area contributed by atoms with E-state index in [1.54, 1.807) is 0 Å². The number of halogens is 1. The molecule has 0 radical (unpaired) electrons. The first-order valence-electron chi connectivity index (χ1n) is 6.97. The predicted octanol–water partition coefficient (Wildman–Crippen LogP) is 3.60. The molecule has 2 atom stereocenters. The first kappa shape index (κ1) is 13.9. The van der Waals surface area contributed by atoms with Crippen LogP contribution in [-0.4, -0.2) is 24.0 Å². The molecule has 1 aliphatic rings. The SMILES string of the molecule is CCCN1CCCCC(N)C1c1ccc(Cl)cc1. The van der Waals surface area contributed by atoms with E-state index in [2.05, 4.69) is 24.0 Å². The Bertz CT molecular complexity index is 363. The van der Waals surface area contributed by atoms with Crippen LogP contribution in [0.4, 0.5) is 0 Å². The van der Waals surface area contributed by atoms with Gasteiger partial charge in [-0.1, -0.05) is 37.1 Å². The minimum atomic E-state index is 0.236. The molecule has 1 aromatic rings. The Hall–Kier alpha value is -0.570. The van der Waals surface area contributed by atoms with Gasteiger partial charge in [-0.3, -0.25) is 4.90 Å². The maximum absolute atomic E-state index is 6.40. The van der Waals surface area contributed by atoms with E-state index < -0.39 is 0 Å². The van der Waals surface area contributed by atoms with E-state index >= 15 is 0 Å². The molecule has 2 rings (SSSR count). The van der Waals surface area contributed by atoms with Gasteiger partial charge >= 0.3 is 0 Å². The molecule has 0 aliphatic carbocycles. The number of likely N-dealkylation sites (tertiary alicyclic amines) is 1. The van der Waals surface area contributed by atoms with Gasteiger partial charge < -0.3 is 5.73 Å². The lowest BCUT2D eigenvalue weighted by Gasteiger charge is -2.33. The quantitative estimate of drug-likeness (QED) is 0.906. The van der Waals surface area contributed by atoms with Crippen LogP contribution in [0.3, 0.4) is 0 Å². The van der Waals surface area contributed by atoms with Crippen LogP contribution >= 0.6 is 11.6 Å². The molecule has 1 fully saturated rings. The second-order valence-corrected chi connectivity index (χ2v) is 5.63. The van der Waals surface area contributed by atoms with Gasteiger partial charge in [-0.05, 0) is 50.0 Å². The number of nitrogens with zero attached hydrogens (tertiary/aromatic N) is 1. The largest absolute Gasteiger partial charge is 0.326 e. The zero-order chi connectivity index (χ0) is 13.0. The molecule has 0 spiro atoms. The van der Waals surface area contributed by atoms with Gasteiger partial charge in [-0.2, -0.15) is 0 Å². The monoisotopic (exact) mass is 266 g/mol. The Morgan fingerprint density at radius 1 is 1.28 bits per heavy atom. The fourth-order valence-electron chi connectivity index (χ4n) is 2.92. The number of hydrogen-bond donors (Lipinski definition) is 1. The van der Waals surface area contributed by atoms with Crippen molar-refractivity contribution < 1.29 is 0 Å². The molecule has 1 aliphatic heterocycles. The lowest BCUT2D eigenvalue weighted by atomic mass is 9.96. The summed E-state index contributed by atoms with van der Waals surface area (Å²) in [4.78, 5) is 2.54. The van der Waals surface area contributed by atoms with Gasteiger partial charge in [-0.25, -0.2) is 0 Å². The fourth-order valence-corrected chi connectivity index (χ4v) is 3.04. The van der Waals surface area contributed by atoms with Gasteiger partial charge in [0.1, 0.15) is 0 Å². The molecule has 18 heavy (non-hydrogen) atoms. The van der Waals surface area contributed by atoms with E-state index in [1.165, 1.54) is 24.8 Å². The summed E-state index contributed by atoms with van der Waals surface area (Å²) in [6.07, 6.45) is 4.80. The standard InChI is InChI=1S/C15H23ClN2/c1-2-10-18-11-4-3-5-14(17)15(18)12-6-8-13(16)9-7-12/h6-9,14-15H,2-5,10-11,17H2,1H3. The van der Waals surface area contributed by atoms with Crippen LogP contribution in [0.5, 0.6) is 0 Å². The molecular weight excluding hydrogens is 244 g/mol. The zero-order valence-corrected chi connectivity index (χ0v) is 11.9. The maximum atomic E-state index is 6.40. The van der Waals surface area contributed by atoms with E-state index in [0.29, 0.717) is 6.04 Å². The Kier molecular flexibility index (Phi) is 5.04. The highest BCUT2D eigenvalue weighted by atomic mass is 35.5. The molecule has 0 saturated carbocycles. The Morgan fingerprint density at radius 2 is 2.00 bits per heavy atom. The van der Waals surface area contributed by atoms with E-state index in [9.17, 15) is 0 Å². The Balaban J connectivity index is 2.24. The average molecular weight is 267 g/mol. The lowest BCUT2D eigenvalue weighted by Crippen LogP contribution is -2.40. The van der Waals surface area contributed by atoms with Gasteiger partial charge in [0.25, 0.3) is 0 Å². The summed E-state index contributed by atoms with van der Waals surface area (Å²) in [6.45, 7) is 4.52. The minimum absolute atomic E-state index is 0.236. The van der Waals surface area contributed by atoms with Crippen molar-refractivity contribution >= 4 is 11.6 Å². The van der Waals surface area contributed by atoms with Crippen LogP contribution in [0.25, 0.3) is 0 Å². The highest BCUT2D eigenvalue weighted by Crippen LogP contribution is 2.30. The fraction of sp³-hybridized carbons (Fsp3) is 0.600. The Labute approximate surface area is 115 Å². The number of rotatable bonds is 3. The van der Waals surface area contributed by atoms with Crippen molar-refractivity contribution in [3.63, 3.8) is 0 Å². The minimum Gasteiger partial charge on any atom is -0.326 e. The van der Waals surface area contributed by atoms with Crippen LogP contribution in [0.1, 0.15) is 44.2 Å². The van der Waals surface area contributed by atoms with Crippen molar-refractivity contribution in [2.45, 2.75) is 44.7 Å². The summed E-state index contributed by atoms with van der Waals surface area (Å²) in [5, 5.41) is 0.794. The molecule has 3 heteroatoms. The molecule has 2 N–H and O–H groups in total. The van der Waals surface area contributed by atoms with Crippen molar-refractivity contribution in [1.29, 1.82) is 0 Å². The third kappa shape index (κ3) is 3.25. The van der Waals surface area contributed by atoms with E-state index in [0.717, 1.165) is 24.5 Å². The Morgan fingerprint density at radius 3 is 2.67 bits per heavy atom. The van der Waals surface area contributed by atoms with Gasteiger partial charge in [-0.15, -0.1) is 0 Å².